The van der Waals surface area contributed by atoms with Crippen LogP contribution in [0.15, 0.2) is 12.1 Å². The lowest BCUT2D eigenvalue weighted by atomic mass is 10.1. The number of nitrogens with one attached hydrogen (secondary N) is 1. The Balaban J connectivity index is 2.95. The molecule has 2 nitrogen and oxygen atoms in total. The number of aromatic nitrogens is 1. The van der Waals surface area contributed by atoms with Gasteiger partial charge in [0.1, 0.15) is 5.69 Å². The standard InChI is InChI=1S/C9H10F3NO/c1-5(2)8(14)6-3-4-7(13-6)9(10,11)12/h3-5,13H,1-2H3. The van der Waals surface area contributed by atoms with Crippen LogP contribution >= 0.6 is 0 Å². The highest BCUT2D eigenvalue weighted by molar-refractivity contribution is 5.95. The Morgan fingerprint density at radius 3 is 2.29 bits per heavy atom. The number of rotatable bonds is 2. The van der Waals surface area contributed by atoms with Crippen LogP contribution in [0.2, 0.25) is 0 Å². The molecular weight excluding hydrogens is 195 g/mol. The van der Waals surface area contributed by atoms with E-state index in [1.807, 2.05) is 0 Å². The lowest BCUT2D eigenvalue weighted by Crippen LogP contribution is -2.10. The van der Waals surface area contributed by atoms with E-state index >= 15 is 0 Å². The van der Waals surface area contributed by atoms with Gasteiger partial charge in [-0.05, 0) is 12.1 Å². The largest absolute Gasteiger partial charge is 0.431 e. The SMILES string of the molecule is CC(C)C(=O)c1ccc(C(F)(F)F)[nH]1. The first-order valence-corrected chi connectivity index (χ1v) is 4.13. The van der Waals surface area contributed by atoms with E-state index in [-0.39, 0.29) is 17.4 Å². The molecule has 0 radical (unpaired) electrons. The number of ketones is 1. The van der Waals surface area contributed by atoms with Crippen molar-refractivity contribution >= 4 is 5.78 Å². The van der Waals surface area contributed by atoms with E-state index in [2.05, 4.69) is 4.98 Å². The first kappa shape index (κ1) is 10.8. The number of Topliss-reactive ketones (excluding diaryl/α,β-unsaturated/α-hetero) is 1. The topological polar surface area (TPSA) is 32.9 Å². The minimum atomic E-state index is -4.42. The average molecular weight is 205 g/mol. The highest BCUT2D eigenvalue weighted by Gasteiger charge is 2.32. The first-order chi connectivity index (χ1) is 6.32. The smallest absolute Gasteiger partial charge is 0.349 e. The van der Waals surface area contributed by atoms with E-state index in [0.29, 0.717) is 0 Å². The Morgan fingerprint density at radius 2 is 1.93 bits per heavy atom. The summed E-state index contributed by atoms with van der Waals surface area (Å²) in [6.45, 7) is 3.27. The monoisotopic (exact) mass is 205 g/mol. The Kier molecular flexibility index (Phi) is 2.69. The molecule has 0 spiro atoms. The molecule has 0 aliphatic rings. The summed E-state index contributed by atoms with van der Waals surface area (Å²) in [5, 5.41) is 0. The fourth-order valence-electron chi connectivity index (χ4n) is 1.02. The van der Waals surface area contributed by atoms with Crippen molar-refractivity contribution in [3.05, 3.63) is 23.5 Å². The van der Waals surface area contributed by atoms with Crippen molar-refractivity contribution in [3.8, 4) is 0 Å². The van der Waals surface area contributed by atoms with Crippen molar-refractivity contribution in [1.82, 2.24) is 4.98 Å². The van der Waals surface area contributed by atoms with Gasteiger partial charge >= 0.3 is 6.18 Å². The predicted octanol–water partition coefficient (Wildman–Crippen LogP) is 2.87. The van der Waals surface area contributed by atoms with Gasteiger partial charge in [0.2, 0.25) is 0 Å². The number of hydrogen-bond donors (Lipinski definition) is 1. The molecule has 1 aromatic heterocycles. The van der Waals surface area contributed by atoms with Gasteiger partial charge in [0.15, 0.2) is 5.78 Å². The second kappa shape index (κ2) is 3.48. The zero-order valence-corrected chi connectivity index (χ0v) is 7.77. The Bertz CT molecular complexity index is 338. The van der Waals surface area contributed by atoms with E-state index < -0.39 is 11.9 Å². The van der Waals surface area contributed by atoms with Crippen molar-refractivity contribution in [2.45, 2.75) is 20.0 Å². The number of alkyl halides is 3. The summed E-state index contributed by atoms with van der Waals surface area (Å²) in [6, 6.07) is 2.03. The Hall–Kier alpha value is -1.26. The van der Waals surface area contributed by atoms with Crippen LogP contribution in [-0.2, 0) is 6.18 Å². The van der Waals surface area contributed by atoms with Crippen LogP contribution in [0.25, 0.3) is 0 Å². The highest BCUT2D eigenvalue weighted by Crippen LogP contribution is 2.28. The maximum atomic E-state index is 12.1. The fourth-order valence-corrected chi connectivity index (χ4v) is 1.02. The lowest BCUT2D eigenvalue weighted by Gasteiger charge is -2.03. The third-order valence-electron chi connectivity index (χ3n) is 1.78. The van der Waals surface area contributed by atoms with Gasteiger partial charge in [-0.15, -0.1) is 0 Å². The predicted molar refractivity (Wildman–Crippen MR) is 45.0 cm³/mol. The number of aromatic amines is 1. The third-order valence-corrected chi connectivity index (χ3v) is 1.78. The summed E-state index contributed by atoms with van der Waals surface area (Å²) in [5.74, 6) is -0.629. The molecule has 0 aliphatic carbocycles. The number of carbonyl (C=O) groups excluding carboxylic acids is 1. The highest BCUT2D eigenvalue weighted by atomic mass is 19.4. The maximum absolute atomic E-state index is 12.1. The van der Waals surface area contributed by atoms with E-state index in [1.165, 1.54) is 0 Å². The van der Waals surface area contributed by atoms with Crippen LogP contribution in [0.5, 0.6) is 0 Å². The molecule has 1 N–H and O–H groups in total. The molecule has 1 heterocycles. The molecular formula is C9H10F3NO. The lowest BCUT2D eigenvalue weighted by molar-refractivity contribution is -0.140. The molecule has 0 fully saturated rings. The van der Waals surface area contributed by atoms with Crippen molar-refractivity contribution in [3.63, 3.8) is 0 Å². The van der Waals surface area contributed by atoms with E-state index in [1.54, 1.807) is 13.8 Å². The minimum Gasteiger partial charge on any atom is -0.349 e. The summed E-state index contributed by atoms with van der Waals surface area (Å²) < 4.78 is 36.4. The summed E-state index contributed by atoms with van der Waals surface area (Å²) in [7, 11) is 0. The fraction of sp³-hybridized carbons (Fsp3) is 0.444. The van der Waals surface area contributed by atoms with Crippen molar-refractivity contribution in [1.29, 1.82) is 0 Å². The van der Waals surface area contributed by atoms with Gasteiger partial charge in [0, 0.05) is 5.92 Å². The van der Waals surface area contributed by atoms with Crippen LogP contribution in [-0.4, -0.2) is 10.8 Å². The summed E-state index contributed by atoms with van der Waals surface area (Å²) in [4.78, 5) is 13.3. The van der Waals surface area contributed by atoms with Crippen LogP contribution in [0, 0.1) is 5.92 Å². The average Bonchev–Trinajstić information content (AvgIpc) is 2.49. The molecule has 0 aromatic carbocycles. The van der Waals surface area contributed by atoms with Crippen LogP contribution in [0.4, 0.5) is 13.2 Å². The van der Waals surface area contributed by atoms with E-state index in [0.717, 1.165) is 12.1 Å². The Morgan fingerprint density at radius 1 is 1.36 bits per heavy atom. The summed E-state index contributed by atoms with van der Waals surface area (Å²) in [5.41, 5.74) is -0.881. The molecule has 0 atom stereocenters. The second-order valence-corrected chi connectivity index (χ2v) is 3.30. The van der Waals surface area contributed by atoms with Gasteiger partial charge in [-0.3, -0.25) is 4.79 Å². The van der Waals surface area contributed by atoms with Crippen molar-refractivity contribution in [2.24, 2.45) is 5.92 Å². The quantitative estimate of drug-likeness (QED) is 0.740. The van der Waals surface area contributed by atoms with Crippen LogP contribution in [0.3, 0.4) is 0 Å². The molecule has 14 heavy (non-hydrogen) atoms. The molecule has 0 aliphatic heterocycles. The molecule has 0 unspecified atom stereocenters. The first-order valence-electron chi connectivity index (χ1n) is 4.13. The molecule has 78 valence electrons. The zero-order valence-electron chi connectivity index (χ0n) is 7.77. The number of H-pyrrole nitrogens is 1. The van der Waals surface area contributed by atoms with Crippen LogP contribution < -0.4 is 0 Å². The normalized spacial score (nSPS) is 12.1. The van der Waals surface area contributed by atoms with Crippen LogP contribution in [0.1, 0.15) is 30.0 Å². The summed E-state index contributed by atoms with van der Waals surface area (Å²) >= 11 is 0. The van der Waals surface area contributed by atoms with Crippen molar-refractivity contribution in [2.75, 3.05) is 0 Å². The molecule has 5 heteroatoms. The summed E-state index contributed by atoms with van der Waals surface area (Å²) in [6.07, 6.45) is -4.42. The van der Waals surface area contributed by atoms with E-state index in [9.17, 15) is 18.0 Å². The van der Waals surface area contributed by atoms with Gasteiger partial charge in [0.25, 0.3) is 0 Å². The van der Waals surface area contributed by atoms with Gasteiger partial charge in [-0.2, -0.15) is 13.2 Å². The Labute approximate surface area is 79.1 Å². The number of halogens is 3. The van der Waals surface area contributed by atoms with Crippen molar-refractivity contribution < 1.29 is 18.0 Å². The molecule has 0 saturated carbocycles. The number of carbonyl (C=O) groups is 1. The minimum absolute atomic E-state index is 0.00678. The van der Waals surface area contributed by atoms with E-state index in [4.69, 9.17) is 0 Å². The maximum Gasteiger partial charge on any atom is 0.431 e. The van der Waals surface area contributed by atoms with Gasteiger partial charge in [-0.1, -0.05) is 13.8 Å². The molecule has 0 saturated heterocycles. The van der Waals surface area contributed by atoms with Gasteiger partial charge in [-0.25, -0.2) is 0 Å². The molecule has 0 bridgehead atoms. The zero-order chi connectivity index (χ0) is 10.9. The molecule has 1 aromatic rings. The van der Waals surface area contributed by atoms with Gasteiger partial charge < -0.3 is 4.98 Å². The third kappa shape index (κ3) is 2.16. The number of hydrogen-bond acceptors (Lipinski definition) is 1. The molecule has 0 amide bonds. The molecule has 1 rings (SSSR count). The second-order valence-electron chi connectivity index (χ2n) is 3.30. The van der Waals surface area contributed by atoms with Gasteiger partial charge in [0.05, 0.1) is 5.69 Å².